The van der Waals surface area contributed by atoms with E-state index in [2.05, 4.69) is 4.99 Å². The maximum atomic E-state index is 12.9. The molecule has 0 radical (unpaired) electrons. The number of carbonyl (C=O) groups excluding carboxylic acids is 1. The third-order valence-electron chi connectivity index (χ3n) is 4.52. The predicted molar refractivity (Wildman–Crippen MR) is 112 cm³/mol. The van der Waals surface area contributed by atoms with Crippen molar-refractivity contribution in [1.29, 1.82) is 0 Å². The van der Waals surface area contributed by atoms with Gasteiger partial charge in [-0.3, -0.25) is 9.69 Å². The standard InChI is InChI=1S/C23H26N2O3/c1-5-25-22(18-11-9-8-10-16(18)4)24-19(23(25)26)14-17-12-13-20(27-6-2)21(15-17)28-7-3/h8-15H,5-7H2,1-4H3. The highest BCUT2D eigenvalue weighted by molar-refractivity contribution is 6.20. The minimum Gasteiger partial charge on any atom is -0.490 e. The van der Waals surface area contributed by atoms with E-state index in [0.717, 1.165) is 16.7 Å². The maximum Gasteiger partial charge on any atom is 0.278 e. The molecule has 0 aliphatic carbocycles. The van der Waals surface area contributed by atoms with Gasteiger partial charge in [0.05, 0.1) is 13.2 Å². The SMILES string of the molecule is CCOc1ccc(C=C2N=C(c3ccccc3C)N(CC)C2=O)cc1OCC. The highest BCUT2D eigenvalue weighted by Gasteiger charge is 2.30. The maximum absolute atomic E-state index is 12.9. The fourth-order valence-electron chi connectivity index (χ4n) is 3.19. The van der Waals surface area contributed by atoms with E-state index in [1.807, 2.05) is 70.2 Å². The topological polar surface area (TPSA) is 51.1 Å². The highest BCUT2D eigenvalue weighted by atomic mass is 16.5. The predicted octanol–water partition coefficient (Wildman–Crippen LogP) is 4.44. The monoisotopic (exact) mass is 378 g/mol. The summed E-state index contributed by atoms with van der Waals surface area (Å²) in [5.41, 5.74) is 3.34. The van der Waals surface area contributed by atoms with E-state index in [9.17, 15) is 4.79 Å². The molecule has 0 saturated carbocycles. The molecular weight excluding hydrogens is 352 g/mol. The zero-order valence-electron chi connectivity index (χ0n) is 16.9. The second-order valence-electron chi connectivity index (χ2n) is 6.40. The molecule has 0 saturated heterocycles. The first-order valence-corrected chi connectivity index (χ1v) is 9.66. The van der Waals surface area contributed by atoms with Gasteiger partial charge in [-0.25, -0.2) is 4.99 Å². The molecule has 0 spiro atoms. The van der Waals surface area contributed by atoms with Crippen molar-refractivity contribution in [3.8, 4) is 11.5 Å². The Kier molecular flexibility index (Phi) is 6.14. The first-order valence-electron chi connectivity index (χ1n) is 9.66. The summed E-state index contributed by atoms with van der Waals surface area (Å²) >= 11 is 0. The molecule has 0 aromatic heterocycles. The van der Waals surface area contributed by atoms with Gasteiger partial charge >= 0.3 is 0 Å². The van der Waals surface area contributed by atoms with E-state index in [-0.39, 0.29) is 5.91 Å². The van der Waals surface area contributed by atoms with Gasteiger partial charge in [0.1, 0.15) is 11.5 Å². The number of rotatable bonds is 7. The van der Waals surface area contributed by atoms with Crippen LogP contribution >= 0.6 is 0 Å². The molecule has 1 amide bonds. The molecule has 2 aromatic carbocycles. The number of amides is 1. The third-order valence-corrected chi connectivity index (χ3v) is 4.52. The Balaban J connectivity index is 2.00. The smallest absolute Gasteiger partial charge is 0.278 e. The van der Waals surface area contributed by atoms with Crippen LogP contribution in [0.3, 0.4) is 0 Å². The molecule has 1 aliphatic heterocycles. The molecule has 0 bridgehead atoms. The number of carbonyl (C=O) groups is 1. The van der Waals surface area contributed by atoms with Crippen LogP contribution in [0.5, 0.6) is 11.5 Å². The number of amidine groups is 1. The molecular formula is C23H26N2O3. The van der Waals surface area contributed by atoms with Crippen LogP contribution in [-0.2, 0) is 4.79 Å². The van der Waals surface area contributed by atoms with Crippen molar-refractivity contribution in [1.82, 2.24) is 4.90 Å². The van der Waals surface area contributed by atoms with Crippen LogP contribution in [0.15, 0.2) is 53.2 Å². The van der Waals surface area contributed by atoms with Gasteiger partial charge in [-0.15, -0.1) is 0 Å². The van der Waals surface area contributed by atoms with Gasteiger partial charge in [0.25, 0.3) is 5.91 Å². The average Bonchev–Trinajstić information content (AvgIpc) is 3.00. The lowest BCUT2D eigenvalue weighted by Gasteiger charge is -2.17. The normalized spacial score (nSPS) is 15.1. The summed E-state index contributed by atoms with van der Waals surface area (Å²) in [5, 5.41) is 0. The Bertz CT molecular complexity index is 931. The summed E-state index contributed by atoms with van der Waals surface area (Å²) < 4.78 is 11.3. The van der Waals surface area contributed by atoms with Crippen molar-refractivity contribution in [2.24, 2.45) is 4.99 Å². The number of nitrogens with zero attached hydrogens (tertiary/aromatic N) is 2. The van der Waals surface area contributed by atoms with Gasteiger partial charge in [-0.1, -0.05) is 30.3 Å². The van der Waals surface area contributed by atoms with Crippen LogP contribution in [0.4, 0.5) is 0 Å². The molecule has 5 nitrogen and oxygen atoms in total. The van der Waals surface area contributed by atoms with Gasteiger partial charge < -0.3 is 9.47 Å². The van der Waals surface area contributed by atoms with Crippen LogP contribution in [0.2, 0.25) is 0 Å². The zero-order chi connectivity index (χ0) is 20.1. The van der Waals surface area contributed by atoms with Crippen LogP contribution in [0, 0.1) is 6.92 Å². The van der Waals surface area contributed by atoms with Crippen LogP contribution in [-0.4, -0.2) is 36.4 Å². The molecule has 0 unspecified atom stereocenters. The Morgan fingerprint density at radius 3 is 2.39 bits per heavy atom. The second-order valence-corrected chi connectivity index (χ2v) is 6.40. The van der Waals surface area contributed by atoms with Gasteiger partial charge in [0.15, 0.2) is 11.5 Å². The molecule has 1 heterocycles. The molecule has 0 atom stereocenters. The summed E-state index contributed by atoms with van der Waals surface area (Å²) in [5.74, 6) is 1.98. The number of hydrogen-bond acceptors (Lipinski definition) is 4. The van der Waals surface area contributed by atoms with E-state index in [0.29, 0.717) is 42.8 Å². The molecule has 0 fully saturated rings. The lowest BCUT2D eigenvalue weighted by atomic mass is 10.1. The lowest BCUT2D eigenvalue weighted by Crippen LogP contribution is -2.32. The van der Waals surface area contributed by atoms with Gasteiger partial charge in [0.2, 0.25) is 0 Å². The van der Waals surface area contributed by atoms with E-state index in [1.54, 1.807) is 11.0 Å². The van der Waals surface area contributed by atoms with Crippen molar-refractivity contribution in [2.45, 2.75) is 27.7 Å². The molecule has 28 heavy (non-hydrogen) atoms. The van der Waals surface area contributed by atoms with E-state index in [1.165, 1.54) is 0 Å². The number of aryl methyl sites for hydroxylation is 1. The fraction of sp³-hybridized carbons (Fsp3) is 0.304. The average molecular weight is 378 g/mol. The van der Waals surface area contributed by atoms with Gasteiger partial charge in [-0.05, 0) is 57.0 Å². The van der Waals surface area contributed by atoms with Crippen molar-refractivity contribution in [2.75, 3.05) is 19.8 Å². The lowest BCUT2D eigenvalue weighted by molar-refractivity contribution is -0.122. The third kappa shape index (κ3) is 3.93. The Morgan fingerprint density at radius 1 is 1.00 bits per heavy atom. The highest BCUT2D eigenvalue weighted by Crippen LogP contribution is 2.30. The van der Waals surface area contributed by atoms with E-state index < -0.39 is 0 Å². The first kappa shape index (κ1) is 19.7. The van der Waals surface area contributed by atoms with E-state index in [4.69, 9.17) is 9.47 Å². The minimum atomic E-state index is -0.0902. The van der Waals surface area contributed by atoms with Crippen molar-refractivity contribution in [3.63, 3.8) is 0 Å². The summed E-state index contributed by atoms with van der Waals surface area (Å²) in [6.07, 6.45) is 1.80. The number of aliphatic imine (C=N–C) groups is 1. The van der Waals surface area contributed by atoms with Crippen molar-refractivity contribution < 1.29 is 14.3 Å². The zero-order valence-corrected chi connectivity index (χ0v) is 16.9. The largest absolute Gasteiger partial charge is 0.490 e. The molecule has 3 rings (SSSR count). The van der Waals surface area contributed by atoms with Crippen molar-refractivity contribution >= 4 is 17.8 Å². The van der Waals surface area contributed by atoms with Gasteiger partial charge in [0, 0.05) is 12.1 Å². The van der Waals surface area contributed by atoms with Crippen LogP contribution in [0.25, 0.3) is 6.08 Å². The number of ether oxygens (including phenoxy) is 2. The second kappa shape index (κ2) is 8.74. The number of likely N-dealkylation sites (N-methyl/N-ethyl adjacent to an activating group) is 1. The molecule has 0 N–H and O–H groups in total. The fourth-order valence-corrected chi connectivity index (χ4v) is 3.19. The Hall–Kier alpha value is -3.08. The summed E-state index contributed by atoms with van der Waals surface area (Å²) in [6.45, 7) is 9.52. The molecule has 5 heteroatoms. The summed E-state index contributed by atoms with van der Waals surface area (Å²) in [4.78, 5) is 19.3. The molecule has 2 aromatic rings. The summed E-state index contributed by atoms with van der Waals surface area (Å²) in [6, 6.07) is 13.6. The Morgan fingerprint density at radius 2 is 1.71 bits per heavy atom. The Labute approximate surface area is 166 Å². The first-order chi connectivity index (χ1) is 13.6. The molecule has 1 aliphatic rings. The minimum absolute atomic E-state index is 0.0902. The summed E-state index contributed by atoms with van der Waals surface area (Å²) in [7, 11) is 0. The number of hydrogen-bond donors (Lipinski definition) is 0. The van der Waals surface area contributed by atoms with Crippen LogP contribution < -0.4 is 9.47 Å². The van der Waals surface area contributed by atoms with E-state index >= 15 is 0 Å². The number of benzene rings is 2. The quantitative estimate of drug-likeness (QED) is 0.669. The molecule has 146 valence electrons. The van der Waals surface area contributed by atoms with Crippen molar-refractivity contribution in [3.05, 3.63) is 64.9 Å². The van der Waals surface area contributed by atoms with Crippen LogP contribution in [0.1, 0.15) is 37.5 Å². The van der Waals surface area contributed by atoms with Gasteiger partial charge in [-0.2, -0.15) is 0 Å².